The molecule has 2 aliphatic heterocycles. The maximum absolute atomic E-state index is 14.5. The van der Waals surface area contributed by atoms with Crippen molar-refractivity contribution >= 4 is 34.7 Å². The second-order valence-electron chi connectivity index (χ2n) is 24.0. The van der Waals surface area contributed by atoms with Crippen LogP contribution in [0.15, 0.2) is 102 Å². The van der Waals surface area contributed by atoms with Gasteiger partial charge < -0.3 is 62.5 Å². The van der Waals surface area contributed by atoms with Gasteiger partial charge in [-0.05, 0) is 167 Å². The average molecular weight is 1280 g/mol. The quantitative estimate of drug-likeness (QED) is 0.0283. The topological polar surface area (TPSA) is 217 Å². The third-order valence-corrected chi connectivity index (χ3v) is 17.5. The van der Waals surface area contributed by atoms with Crippen LogP contribution in [-0.4, -0.2) is 161 Å². The molecule has 2 aliphatic rings. The van der Waals surface area contributed by atoms with Gasteiger partial charge in [-0.15, -0.1) is 0 Å². The molecular formula is C73H93N7O13. The summed E-state index contributed by atoms with van der Waals surface area (Å²) in [5.74, 6) is 2.65. The molecule has 3 amide bonds. The van der Waals surface area contributed by atoms with E-state index in [-0.39, 0.29) is 57.1 Å². The summed E-state index contributed by atoms with van der Waals surface area (Å²) in [6, 6.07) is 31.2. The van der Waals surface area contributed by atoms with Crippen LogP contribution in [-0.2, 0) is 63.9 Å². The highest BCUT2D eigenvalue weighted by molar-refractivity contribution is 5.89. The predicted octanol–water partition coefficient (Wildman–Crippen LogP) is 10.3. The number of carbonyl (C=O) groups excluding carboxylic acids is 4. The number of hydrogen-bond acceptors (Lipinski definition) is 16. The van der Waals surface area contributed by atoms with Gasteiger partial charge in [0, 0.05) is 57.7 Å². The molecule has 0 aliphatic carbocycles. The lowest BCUT2D eigenvalue weighted by molar-refractivity contribution is -0.162. The number of benzene rings is 5. The Balaban J connectivity index is 0.659. The highest BCUT2D eigenvalue weighted by Gasteiger charge is 2.38. The molecule has 0 bridgehead atoms. The zero-order chi connectivity index (χ0) is 65.6. The number of aryl methyl sites for hydroxylation is 8. The minimum atomic E-state index is -0.753. The zero-order valence-electron chi connectivity index (χ0n) is 55.5. The van der Waals surface area contributed by atoms with Gasteiger partial charge in [0.25, 0.3) is 5.91 Å². The van der Waals surface area contributed by atoms with E-state index in [4.69, 9.17) is 47.4 Å². The number of amides is 3. The lowest BCUT2D eigenvalue weighted by Crippen LogP contribution is -2.50. The van der Waals surface area contributed by atoms with Crippen LogP contribution in [0.25, 0.3) is 22.2 Å². The molecule has 20 heteroatoms. The van der Waals surface area contributed by atoms with Crippen LogP contribution in [0.5, 0.6) is 23.0 Å². The molecule has 0 radical (unpaired) electrons. The Morgan fingerprint density at radius 1 is 0.688 bits per heavy atom. The summed E-state index contributed by atoms with van der Waals surface area (Å²) in [6.45, 7) is 19.3. The van der Waals surface area contributed by atoms with Gasteiger partial charge in [-0.25, -0.2) is 9.78 Å². The molecule has 498 valence electrons. The number of fused-ring (bicyclic) bond motifs is 1. The van der Waals surface area contributed by atoms with Crippen LogP contribution in [0, 0.1) is 34.6 Å². The van der Waals surface area contributed by atoms with E-state index in [0.717, 1.165) is 127 Å². The maximum Gasteiger partial charge on any atom is 0.329 e. The van der Waals surface area contributed by atoms with E-state index in [1.165, 1.54) is 16.7 Å². The van der Waals surface area contributed by atoms with Crippen molar-refractivity contribution in [3.05, 3.63) is 153 Å². The number of morpholine rings is 1. The van der Waals surface area contributed by atoms with Gasteiger partial charge >= 0.3 is 5.97 Å². The molecule has 2 N–H and O–H groups in total. The van der Waals surface area contributed by atoms with Gasteiger partial charge in [-0.2, -0.15) is 0 Å². The number of ether oxygens (including phenoxy) is 8. The molecule has 2 saturated heterocycles. The van der Waals surface area contributed by atoms with Gasteiger partial charge in [0.2, 0.25) is 11.8 Å². The molecule has 0 saturated carbocycles. The third kappa shape index (κ3) is 19.2. The van der Waals surface area contributed by atoms with Crippen molar-refractivity contribution in [1.29, 1.82) is 0 Å². The van der Waals surface area contributed by atoms with Gasteiger partial charge in [-0.3, -0.25) is 19.3 Å². The first kappa shape index (κ1) is 69.1. The van der Waals surface area contributed by atoms with E-state index in [9.17, 15) is 19.2 Å². The first-order valence-corrected chi connectivity index (χ1v) is 32.9. The summed E-state index contributed by atoms with van der Waals surface area (Å²) in [7, 11) is 3.17. The van der Waals surface area contributed by atoms with Crippen molar-refractivity contribution in [1.82, 2.24) is 35.1 Å². The number of piperidine rings is 1. The molecular weight excluding hydrogens is 1180 g/mol. The zero-order valence-corrected chi connectivity index (χ0v) is 55.5. The highest BCUT2D eigenvalue weighted by Crippen LogP contribution is 2.38. The van der Waals surface area contributed by atoms with Crippen molar-refractivity contribution < 1.29 is 61.6 Å². The molecule has 0 spiro atoms. The molecule has 5 aromatic carbocycles. The minimum absolute atomic E-state index is 0.123. The fourth-order valence-corrected chi connectivity index (χ4v) is 12.3. The van der Waals surface area contributed by atoms with Crippen molar-refractivity contribution in [3.63, 3.8) is 0 Å². The number of methoxy groups -OCH3 is 2. The Morgan fingerprint density at radius 3 is 2.22 bits per heavy atom. The predicted molar refractivity (Wildman–Crippen MR) is 355 cm³/mol. The van der Waals surface area contributed by atoms with Crippen LogP contribution in [0.3, 0.4) is 0 Å². The van der Waals surface area contributed by atoms with Gasteiger partial charge in [0.05, 0.1) is 83.1 Å². The van der Waals surface area contributed by atoms with Crippen molar-refractivity contribution in [3.8, 4) is 34.1 Å². The van der Waals surface area contributed by atoms with E-state index >= 15 is 0 Å². The summed E-state index contributed by atoms with van der Waals surface area (Å²) in [5.41, 5.74) is 12.0. The van der Waals surface area contributed by atoms with E-state index < -0.39 is 24.0 Å². The fourth-order valence-electron chi connectivity index (χ4n) is 12.3. The van der Waals surface area contributed by atoms with E-state index in [1.54, 1.807) is 31.3 Å². The van der Waals surface area contributed by atoms with Crippen LogP contribution in [0.1, 0.15) is 114 Å². The minimum Gasteiger partial charge on any atom is -0.493 e. The largest absolute Gasteiger partial charge is 0.493 e. The Labute approximate surface area is 546 Å². The van der Waals surface area contributed by atoms with Crippen molar-refractivity contribution in [2.24, 2.45) is 0 Å². The number of esters is 1. The average Bonchev–Trinajstić information content (AvgIpc) is 1.72. The first-order valence-electron chi connectivity index (χ1n) is 32.9. The normalized spacial score (nSPS) is 15.0. The highest BCUT2D eigenvalue weighted by atomic mass is 16.5. The molecule has 4 heterocycles. The van der Waals surface area contributed by atoms with E-state index in [0.29, 0.717) is 74.8 Å². The summed E-state index contributed by atoms with van der Waals surface area (Å²) in [5, 5.41) is 9.88. The van der Waals surface area contributed by atoms with Gasteiger partial charge in [0.15, 0.2) is 18.1 Å². The van der Waals surface area contributed by atoms with Gasteiger partial charge in [0.1, 0.15) is 41.8 Å². The number of nitrogens with zero attached hydrogens (tertiary/aromatic N) is 5. The molecule has 2 fully saturated rings. The second kappa shape index (κ2) is 34.6. The number of aromatic nitrogens is 3. The second-order valence-corrected chi connectivity index (χ2v) is 24.0. The number of hydrogen-bond donors (Lipinski definition) is 2. The summed E-state index contributed by atoms with van der Waals surface area (Å²) < 4.78 is 54.3. The van der Waals surface area contributed by atoms with E-state index in [2.05, 4.69) is 87.6 Å². The Bertz CT molecular complexity index is 3580. The number of rotatable bonds is 34. The van der Waals surface area contributed by atoms with Crippen LogP contribution < -0.4 is 29.6 Å². The number of likely N-dealkylation sites (tertiary alicyclic amines) is 1. The molecule has 3 atom stereocenters. The monoisotopic (exact) mass is 1280 g/mol. The molecule has 1 unspecified atom stereocenters. The summed E-state index contributed by atoms with van der Waals surface area (Å²) in [4.78, 5) is 63.7. The fraction of sp³-hybridized carbons (Fsp3) is 0.479. The molecule has 7 aromatic rings. The number of imidazole rings is 1. The van der Waals surface area contributed by atoms with Crippen LogP contribution in [0.2, 0.25) is 0 Å². The summed E-state index contributed by atoms with van der Waals surface area (Å²) in [6.07, 6.45) is 4.84. The van der Waals surface area contributed by atoms with Crippen molar-refractivity contribution in [2.75, 3.05) is 106 Å². The first-order chi connectivity index (χ1) is 45.2. The standard InChI is InChI=1S/C73H93N7O13/c1-9-61(58-44-51(4)71(86-8)66(47-58)85-7)72(83)80-31-11-10-15-64(80)73(84)92-65(26-20-55-17-16-49(2)50(3)43-55)56-13-12-14-60(45-56)91-48-69(82)75-29-37-88-42-41-87-36-28-68(81)74-30-38-90-59-23-18-54(19-24-59)21-27-67-76-62-46-57(70-52(5)77-93-53(70)6)22-25-63(62)79(67)33-32-78-34-39-89-40-35-78/h12-14,16-19,22-25,43-47,61,64-65H,9-11,15,20-21,26-42,48H2,1-8H3,(H,74,81)(H,75,82)/t61-,64-,65?/m0/s1. The molecule has 2 aromatic heterocycles. The Kier molecular flexibility index (Phi) is 25.7. The number of nitrogens with one attached hydrogen (secondary N) is 2. The lowest BCUT2D eigenvalue weighted by Gasteiger charge is -2.37. The Hall–Kier alpha value is -8.30. The van der Waals surface area contributed by atoms with Crippen LogP contribution in [0.4, 0.5) is 0 Å². The number of carbonyl (C=O) groups is 4. The Morgan fingerprint density at radius 2 is 1.46 bits per heavy atom. The van der Waals surface area contributed by atoms with E-state index in [1.807, 2.05) is 64.1 Å². The summed E-state index contributed by atoms with van der Waals surface area (Å²) >= 11 is 0. The van der Waals surface area contributed by atoms with Gasteiger partial charge in [-0.1, -0.05) is 66.7 Å². The molecule has 20 nitrogen and oxygen atoms in total. The SMILES string of the molecule is CC[C@H](C(=O)N1CCCC[C@H]1C(=O)OC(CCc1ccc(C)c(C)c1)c1cccc(OCC(=O)NCCOCCOCCC(=O)NCCOc2ccc(CCc3nc4cc(-c5c(C)noc5C)ccc4n3CCN3CCOCC3)cc2)c1)c1cc(C)c(OC)c(OC)c1. The van der Waals surface area contributed by atoms with Crippen LogP contribution >= 0.6 is 0 Å². The van der Waals surface area contributed by atoms with Crippen molar-refractivity contribution in [2.45, 2.75) is 124 Å². The maximum atomic E-state index is 14.5. The molecule has 93 heavy (non-hydrogen) atoms. The smallest absolute Gasteiger partial charge is 0.329 e. The third-order valence-electron chi connectivity index (χ3n) is 17.5. The lowest BCUT2D eigenvalue weighted by atomic mass is 9.91. The molecule has 9 rings (SSSR count).